The van der Waals surface area contributed by atoms with Crippen LogP contribution in [0, 0.1) is 5.92 Å². The van der Waals surface area contributed by atoms with Gasteiger partial charge in [-0.2, -0.15) is 0 Å². The molecule has 0 saturated carbocycles. The van der Waals surface area contributed by atoms with Crippen LogP contribution in [0.25, 0.3) is 0 Å². The van der Waals surface area contributed by atoms with Crippen LogP contribution in [0.3, 0.4) is 0 Å². The zero-order chi connectivity index (χ0) is 12.3. The Hall–Kier alpha value is -1.06. The molecule has 1 fully saturated rings. The van der Waals surface area contributed by atoms with E-state index in [1.165, 1.54) is 0 Å². The van der Waals surface area contributed by atoms with Crippen LogP contribution >= 0.6 is 0 Å². The summed E-state index contributed by atoms with van der Waals surface area (Å²) in [4.78, 5) is 25.8. The lowest BCUT2D eigenvalue weighted by atomic mass is 9.94. The molecule has 1 saturated heterocycles. The molecule has 0 spiro atoms. The number of hydrogen-bond acceptors (Lipinski definition) is 2. The molecular formula is C12H22N2O2. The molecule has 4 heteroatoms. The third-order valence-corrected chi connectivity index (χ3v) is 3.47. The normalized spacial score (nSPS) is 27.9. The summed E-state index contributed by atoms with van der Waals surface area (Å²) < 4.78 is 0. The highest BCUT2D eigenvalue weighted by molar-refractivity contribution is 5.97. The van der Waals surface area contributed by atoms with Gasteiger partial charge in [0.25, 0.3) is 0 Å². The molecule has 0 aliphatic carbocycles. The molecule has 0 aromatic heterocycles. The summed E-state index contributed by atoms with van der Waals surface area (Å²) in [5, 5.41) is 2.85. The van der Waals surface area contributed by atoms with Crippen molar-refractivity contribution in [1.82, 2.24) is 10.2 Å². The first-order valence-electron chi connectivity index (χ1n) is 6.17. The molecule has 1 aliphatic rings. The van der Waals surface area contributed by atoms with Crippen LogP contribution < -0.4 is 5.32 Å². The van der Waals surface area contributed by atoms with E-state index in [2.05, 4.69) is 5.32 Å². The van der Waals surface area contributed by atoms with Crippen molar-refractivity contribution in [2.24, 2.45) is 5.92 Å². The fourth-order valence-electron chi connectivity index (χ4n) is 2.19. The quantitative estimate of drug-likeness (QED) is 0.782. The number of nitrogens with one attached hydrogen (secondary N) is 1. The lowest BCUT2D eigenvalue weighted by molar-refractivity contribution is -0.150. The van der Waals surface area contributed by atoms with Crippen LogP contribution in [0.4, 0.5) is 0 Å². The van der Waals surface area contributed by atoms with E-state index in [-0.39, 0.29) is 29.8 Å². The summed E-state index contributed by atoms with van der Waals surface area (Å²) in [6.45, 7) is 8.50. The molecular weight excluding hydrogens is 204 g/mol. The second-order valence-corrected chi connectivity index (χ2v) is 4.42. The molecule has 0 bridgehead atoms. The molecule has 1 heterocycles. The highest BCUT2D eigenvalue weighted by Crippen LogP contribution is 2.18. The summed E-state index contributed by atoms with van der Waals surface area (Å²) in [7, 11) is 0. The van der Waals surface area contributed by atoms with Crippen LogP contribution in [0.15, 0.2) is 0 Å². The van der Waals surface area contributed by atoms with Crippen molar-refractivity contribution < 1.29 is 9.59 Å². The number of amides is 2. The minimum absolute atomic E-state index is 0.00532. The smallest absolute Gasteiger partial charge is 0.246 e. The molecule has 4 nitrogen and oxygen atoms in total. The van der Waals surface area contributed by atoms with Gasteiger partial charge >= 0.3 is 0 Å². The molecule has 0 radical (unpaired) electrons. The van der Waals surface area contributed by atoms with Gasteiger partial charge < -0.3 is 10.2 Å². The molecule has 1 N–H and O–H groups in total. The maximum absolute atomic E-state index is 12.2. The van der Waals surface area contributed by atoms with Crippen molar-refractivity contribution in [2.45, 2.75) is 52.6 Å². The van der Waals surface area contributed by atoms with Gasteiger partial charge in [0.15, 0.2) is 0 Å². The van der Waals surface area contributed by atoms with Gasteiger partial charge in [-0.25, -0.2) is 0 Å². The lowest BCUT2D eigenvalue weighted by Gasteiger charge is -2.39. The highest BCUT2D eigenvalue weighted by atomic mass is 16.2. The van der Waals surface area contributed by atoms with Gasteiger partial charge in [0.05, 0.1) is 0 Å². The molecule has 16 heavy (non-hydrogen) atoms. The first kappa shape index (κ1) is 13.0. The van der Waals surface area contributed by atoms with E-state index in [0.717, 1.165) is 6.42 Å². The molecule has 1 rings (SSSR count). The highest BCUT2D eigenvalue weighted by Gasteiger charge is 2.40. The monoisotopic (exact) mass is 226 g/mol. The minimum Gasteiger partial charge on any atom is -0.342 e. The fourth-order valence-corrected chi connectivity index (χ4v) is 2.19. The summed E-state index contributed by atoms with van der Waals surface area (Å²) in [6.07, 6.45) is 1.57. The maximum atomic E-state index is 12.2. The van der Waals surface area contributed by atoms with Crippen LogP contribution in [0.1, 0.15) is 40.5 Å². The maximum Gasteiger partial charge on any atom is 0.246 e. The van der Waals surface area contributed by atoms with Crippen LogP contribution in [-0.2, 0) is 9.59 Å². The third-order valence-electron chi connectivity index (χ3n) is 3.47. The Labute approximate surface area is 97.4 Å². The average Bonchev–Trinajstić information content (AvgIpc) is 2.29. The predicted octanol–water partition coefficient (Wildman–Crippen LogP) is 1.16. The average molecular weight is 226 g/mol. The number of likely N-dealkylation sites (N-methyl/N-ethyl adjacent to an activating group) is 1. The summed E-state index contributed by atoms with van der Waals surface area (Å²) in [6, 6.07) is -0.613. The largest absolute Gasteiger partial charge is 0.342 e. The van der Waals surface area contributed by atoms with Gasteiger partial charge in [0.2, 0.25) is 11.8 Å². The second-order valence-electron chi connectivity index (χ2n) is 4.42. The Morgan fingerprint density at radius 1 is 1.31 bits per heavy atom. The van der Waals surface area contributed by atoms with Gasteiger partial charge in [0, 0.05) is 6.54 Å². The van der Waals surface area contributed by atoms with Crippen molar-refractivity contribution in [1.29, 1.82) is 0 Å². The molecule has 2 amide bonds. The van der Waals surface area contributed by atoms with Crippen LogP contribution in [-0.4, -0.2) is 35.3 Å². The van der Waals surface area contributed by atoms with Crippen molar-refractivity contribution in [2.75, 3.05) is 6.54 Å². The topological polar surface area (TPSA) is 49.4 Å². The molecule has 92 valence electrons. The Morgan fingerprint density at radius 3 is 2.38 bits per heavy atom. The Balaban J connectivity index is 2.88. The number of piperazine rings is 1. The fraction of sp³-hybridized carbons (Fsp3) is 0.833. The first-order valence-corrected chi connectivity index (χ1v) is 6.17. The number of rotatable bonds is 4. The first-order chi connectivity index (χ1) is 7.56. The van der Waals surface area contributed by atoms with E-state index >= 15 is 0 Å². The lowest BCUT2D eigenvalue weighted by Crippen LogP contribution is -2.64. The van der Waals surface area contributed by atoms with Gasteiger partial charge in [-0.05, 0) is 19.3 Å². The summed E-state index contributed by atoms with van der Waals surface area (Å²) in [5.41, 5.74) is 0. The van der Waals surface area contributed by atoms with E-state index in [1.54, 1.807) is 4.90 Å². The molecule has 3 atom stereocenters. The molecule has 1 aliphatic heterocycles. The van der Waals surface area contributed by atoms with Gasteiger partial charge in [-0.3, -0.25) is 9.59 Å². The zero-order valence-corrected chi connectivity index (χ0v) is 10.6. The van der Waals surface area contributed by atoms with Crippen molar-refractivity contribution >= 4 is 11.8 Å². The summed E-state index contributed by atoms with van der Waals surface area (Å²) in [5.74, 6) is 0.265. The van der Waals surface area contributed by atoms with E-state index in [1.807, 2.05) is 27.7 Å². The number of carbonyl (C=O) groups is 2. The van der Waals surface area contributed by atoms with Crippen molar-refractivity contribution in [3.05, 3.63) is 0 Å². The van der Waals surface area contributed by atoms with Crippen LogP contribution in [0.5, 0.6) is 0 Å². The van der Waals surface area contributed by atoms with E-state index in [9.17, 15) is 9.59 Å². The summed E-state index contributed by atoms with van der Waals surface area (Å²) >= 11 is 0. The Kier molecular flexibility index (Phi) is 4.33. The minimum atomic E-state index is -0.333. The van der Waals surface area contributed by atoms with E-state index in [0.29, 0.717) is 13.0 Å². The van der Waals surface area contributed by atoms with Crippen molar-refractivity contribution in [3.8, 4) is 0 Å². The second kappa shape index (κ2) is 5.32. The van der Waals surface area contributed by atoms with Crippen LogP contribution in [0.2, 0.25) is 0 Å². The third kappa shape index (κ3) is 2.20. The molecule has 0 aromatic carbocycles. The Bertz CT molecular complexity index is 274. The number of carbonyl (C=O) groups excluding carboxylic acids is 2. The van der Waals surface area contributed by atoms with Gasteiger partial charge in [-0.1, -0.05) is 27.2 Å². The Morgan fingerprint density at radius 2 is 1.94 bits per heavy atom. The number of nitrogens with zero attached hydrogens (tertiary/aromatic N) is 1. The molecule has 0 aromatic rings. The van der Waals surface area contributed by atoms with E-state index < -0.39 is 0 Å². The van der Waals surface area contributed by atoms with E-state index in [4.69, 9.17) is 0 Å². The molecule has 3 unspecified atom stereocenters. The SMILES string of the molecule is CCC(C)C1NC(=O)C(CC)N(CC)C1=O. The van der Waals surface area contributed by atoms with Gasteiger partial charge in [0.1, 0.15) is 12.1 Å². The standard InChI is InChI=1S/C12H22N2O2/c1-5-8(4)10-12(16)14(7-3)9(6-2)11(15)13-10/h8-10H,5-7H2,1-4H3,(H,13,15). The van der Waals surface area contributed by atoms with Crippen molar-refractivity contribution in [3.63, 3.8) is 0 Å². The predicted molar refractivity (Wildman–Crippen MR) is 62.9 cm³/mol. The number of hydrogen-bond donors (Lipinski definition) is 1. The van der Waals surface area contributed by atoms with Gasteiger partial charge in [-0.15, -0.1) is 0 Å². The zero-order valence-electron chi connectivity index (χ0n) is 10.6.